The van der Waals surface area contributed by atoms with E-state index in [1.807, 2.05) is 18.3 Å². The Hall–Kier alpha value is -2.87. The molecule has 0 unspecified atom stereocenters. The van der Waals surface area contributed by atoms with Gasteiger partial charge in [0.25, 0.3) is 0 Å². The van der Waals surface area contributed by atoms with Gasteiger partial charge in [-0.05, 0) is 24.3 Å². The van der Waals surface area contributed by atoms with Crippen molar-refractivity contribution in [2.45, 2.75) is 6.54 Å². The first-order valence-electron chi connectivity index (χ1n) is 8.42. The van der Waals surface area contributed by atoms with Gasteiger partial charge in [0.2, 0.25) is 0 Å². The lowest BCUT2D eigenvalue weighted by molar-refractivity contribution is 0.245. The van der Waals surface area contributed by atoms with E-state index in [1.165, 1.54) is 18.5 Å². The van der Waals surface area contributed by atoms with Gasteiger partial charge in [0.15, 0.2) is 5.82 Å². The topological polar surface area (TPSA) is 50.1 Å². The average molecular weight is 356 g/mol. The molecule has 0 radical (unpaired) electrons. The molecule has 0 bridgehead atoms. The summed E-state index contributed by atoms with van der Waals surface area (Å²) in [4.78, 5) is 12.9. The van der Waals surface area contributed by atoms with Crippen LogP contribution in [-0.2, 0) is 6.54 Å². The Bertz CT molecular complexity index is 875. The van der Waals surface area contributed by atoms with Crippen LogP contribution in [0.25, 0.3) is 5.82 Å². The molecule has 8 heteroatoms. The summed E-state index contributed by atoms with van der Waals surface area (Å²) in [5.41, 5.74) is 0.390. The Morgan fingerprint density at radius 1 is 0.962 bits per heavy atom. The first kappa shape index (κ1) is 16.6. The summed E-state index contributed by atoms with van der Waals surface area (Å²) in [7, 11) is 0. The monoisotopic (exact) mass is 356 g/mol. The van der Waals surface area contributed by atoms with E-state index in [0.29, 0.717) is 17.9 Å². The first-order chi connectivity index (χ1) is 12.7. The molecule has 6 nitrogen and oxygen atoms in total. The second-order valence-electron chi connectivity index (χ2n) is 6.18. The molecule has 0 amide bonds. The Morgan fingerprint density at radius 2 is 1.77 bits per heavy atom. The minimum Gasteiger partial charge on any atom is -0.354 e. The lowest BCUT2D eigenvalue weighted by Crippen LogP contribution is -2.46. The molecule has 0 spiro atoms. The summed E-state index contributed by atoms with van der Waals surface area (Å²) in [5, 5.41) is 4.18. The highest BCUT2D eigenvalue weighted by Crippen LogP contribution is 2.18. The van der Waals surface area contributed by atoms with Crippen LogP contribution in [0.3, 0.4) is 0 Å². The van der Waals surface area contributed by atoms with Gasteiger partial charge in [-0.2, -0.15) is 5.10 Å². The van der Waals surface area contributed by atoms with Crippen molar-refractivity contribution in [3.05, 3.63) is 66.3 Å². The number of piperazine rings is 1. The van der Waals surface area contributed by atoms with Crippen molar-refractivity contribution >= 4 is 5.82 Å². The normalized spacial score (nSPS) is 15.4. The molecule has 4 rings (SSSR count). The van der Waals surface area contributed by atoms with E-state index in [0.717, 1.165) is 38.1 Å². The maximum atomic E-state index is 13.8. The molecule has 3 aromatic rings. The van der Waals surface area contributed by atoms with E-state index >= 15 is 0 Å². The van der Waals surface area contributed by atoms with Crippen LogP contribution >= 0.6 is 0 Å². The predicted octanol–water partition coefficient (Wildman–Crippen LogP) is 2.26. The molecule has 0 saturated carbocycles. The molecule has 26 heavy (non-hydrogen) atoms. The molecular formula is C18H18F2N6. The van der Waals surface area contributed by atoms with Crippen LogP contribution in [-0.4, -0.2) is 50.8 Å². The third-order valence-electron chi connectivity index (χ3n) is 4.48. The highest BCUT2D eigenvalue weighted by atomic mass is 19.1. The van der Waals surface area contributed by atoms with E-state index < -0.39 is 5.82 Å². The quantitative estimate of drug-likeness (QED) is 0.718. The van der Waals surface area contributed by atoms with Crippen LogP contribution in [0.2, 0.25) is 0 Å². The molecule has 1 aromatic carbocycles. The van der Waals surface area contributed by atoms with Gasteiger partial charge in [-0.15, -0.1) is 0 Å². The van der Waals surface area contributed by atoms with Gasteiger partial charge < -0.3 is 4.90 Å². The summed E-state index contributed by atoms with van der Waals surface area (Å²) >= 11 is 0. The summed E-state index contributed by atoms with van der Waals surface area (Å²) in [6.07, 6.45) is 5.06. The van der Waals surface area contributed by atoms with Gasteiger partial charge in [-0.3, -0.25) is 4.90 Å². The molecule has 1 fully saturated rings. The maximum Gasteiger partial charge on any atom is 0.158 e. The lowest BCUT2D eigenvalue weighted by atomic mass is 10.1. The van der Waals surface area contributed by atoms with Crippen molar-refractivity contribution < 1.29 is 8.78 Å². The number of aromatic nitrogens is 4. The smallest absolute Gasteiger partial charge is 0.158 e. The molecule has 3 heterocycles. The van der Waals surface area contributed by atoms with Crippen LogP contribution in [0.5, 0.6) is 0 Å². The van der Waals surface area contributed by atoms with Gasteiger partial charge >= 0.3 is 0 Å². The van der Waals surface area contributed by atoms with Crippen LogP contribution in [0.4, 0.5) is 14.6 Å². The Labute approximate surface area is 149 Å². The summed E-state index contributed by atoms with van der Waals surface area (Å²) in [5.74, 6) is 0.770. The number of rotatable bonds is 4. The first-order valence-corrected chi connectivity index (χ1v) is 8.42. The van der Waals surface area contributed by atoms with Crippen LogP contribution < -0.4 is 4.90 Å². The predicted molar refractivity (Wildman–Crippen MR) is 93.0 cm³/mol. The van der Waals surface area contributed by atoms with E-state index in [-0.39, 0.29) is 5.82 Å². The van der Waals surface area contributed by atoms with E-state index in [2.05, 4.69) is 24.9 Å². The van der Waals surface area contributed by atoms with E-state index in [4.69, 9.17) is 0 Å². The summed E-state index contributed by atoms with van der Waals surface area (Å²) in [6.45, 7) is 3.41. The average Bonchev–Trinajstić information content (AvgIpc) is 3.20. The Balaban J connectivity index is 1.41. The van der Waals surface area contributed by atoms with Gasteiger partial charge in [0.1, 0.15) is 23.8 Å². The molecule has 0 N–H and O–H groups in total. The standard InChI is InChI=1S/C18H18F2N6/c19-15-2-3-16(20)14(10-15)12-24-6-8-25(9-7-24)17-11-18(22-13-21-17)26-5-1-4-23-26/h1-5,10-11,13H,6-9,12H2. The molecule has 1 aliphatic rings. The SMILES string of the molecule is Fc1ccc(F)c(CN2CCN(c3cc(-n4cccn4)ncn3)CC2)c1. The fraction of sp³-hybridized carbons (Fsp3) is 0.278. The van der Waals surface area contributed by atoms with Crippen molar-refractivity contribution in [2.75, 3.05) is 31.1 Å². The second-order valence-corrected chi connectivity index (χ2v) is 6.18. The minimum absolute atomic E-state index is 0.367. The second kappa shape index (κ2) is 7.17. The molecule has 1 aliphatic heterocycles. The van der Waals surface area contributed by atoms with Crippen molar-refractivity contribution in [1.82, 2.24) is 24.6 Å². The molecular weight excluding hydrogens is 338 g/mol. The molecule has 0 atom stereocenters. The van der Waals surface area contributed by atoms with E-state index in [1.54, 1.807) is 10.9 Å². The summed E-state index contributed by atoms with van der Waals surface area (Å²) in [6, 6.07) is 7.32. The number of anilines is 1. The van der Waals surface area contributed by atoms with Crippen LogP contribution in [0, 0.1) is 11.6 Å². The van der Waals surface area contributed by atoms with Crippen molar-refractivity contribution in [1.29, 1.82) is 0 Å². The third-order valence-corrected chi connectivity index (χ3v) is 4.48. The Morgan fingerprint density at radius 3 is 2.54 bits per heavy atom. The molecule has 0 aliphatic carbocycles. The third kappa shape index (κ3) is 3.55. The molecule has 134 valence electrons. The van der Waals surface area contributed by atoms with E-state index in [9.17, 15) is 8.78 Å². The highest BCUT2D eigenvalue weighted by Gasteiger charge is 2.20. The lowest BCUT2D eigenvalue weighted by Gasteiger charge is -2.35. The van der Waals surface area contributed by atoms with Crippen molar-refractivity contribution in [3.8, 4) is 5.82 Å². The minimum atomic E-state index is -0.410. The van der Waals surface area contributed by atoms with Crippen molar-refractivity contribution in [2.24, 2.45) is 0 Å². The largest absolute Gasteiger partial charge is 0.354 e. The number of benzene rings is 1. The molecule has 2 aromatic heterocycles. The summed E-state index contributed by atoms with van der Waals surface area (Å²) < 4.78 is 28.8. The molecule has 1 saturated heterocycles. The van der Waals surface area contributed by atoms with Gasteiger partial charge in [0.05, 0.1) is 0 Å². The Kier molecular flexibility index (Phi) is 4.57. The maximum absolute atomic E-state index is 13.8. The van der Waals surface area contributed by atoms with Gasteiger partial charge in [-0.1, -0.05) is 0 Å². The highest BCUT2D eigenvalue weighted by molar-refractivity contribution is 5.43. The fourth-order valence-corrected chi connectivity index (χ4v) is 3.08. The van der Waals surface area contributed by atoms with Crippen LogP contribution in [0.1, 0.15) is 5.56 Å². The number of nitrogens with zero attached hydrogens (tertiary/aromatic N) is 6. The van der Waals surface area contributed by atoms with Gasteiger partial charge in [-0.25, -0.2) is 23.4 Å². The zero-order valence-electron chi connectivity index (χ0n) is 14.1. The number of halogens is 2. The van der Waals surface area contributed by atoms with Gasteiger partial charge in [0, 0.05) is 56.7 Å². The van der Waals surface area contributed by atoms with Crippen LogP contribution in [0.15, 0.2) is 49.1 Å². The number of hydrogen-bond donors (Lipinski definition) is 0. The zero-order valence-corrected chi connectivity index (χ0v) is 14.1. The fourth-order valence-electron chi connectivity index (χ4n) is 3.08. The number of hydrogen-bond acceptors (Lipinski definition) is 5. The zero-order chi connectivity index (χ0) is 17.9. The van der Waals surface area contributed by atoms with Crippen molar-refractivity contribution in [3.63, 3.8) is 0 Å².